The van der Waals surface area contributed by atoms with Gasteiger partial charge in [-0.15, -0.1) is 0 Å². The van der Waals surface area contributed by atoms with E-state index in [0.717, 1.165) is 42.3 Å². The molecular weight excluding hydrogens is 418 g/mol. The van der Waals surface area contributed by atoms with Crippen molar-refractivity contribution in [3.8, 4) is 0 Å². The number of amides is 1. The summed E-state index contributed by atoms with van der Waals surface area (Å²) in [5, 5.41) is 14.0. The van der Waals surface area contributed by atoms with Gasteiger partial charge in [0.1, 0.15) is 0 Å². The second kappa shape index (κ2) is 12.0. The Balaban J connectivity index is 2.72. The number of nitro groups is 1. The minimum atomic E-state index is -3.73. The number of nitro benzene ring substituents is 1. The van der Waals surface area contributed by atoms with Crippen molar-refractivity contribution in [1.29, 1.82) is 0 Å². The number of hydrogen-bond donors (Lipinski definition) is 1. The van der Waals surface area contributed by atoms with Crippen LogP contribution in [0.1, 0.15) is 52.4 Å². The second-order valence-electron chi connectivity index (χ2n) is 7.05. The van der Waals surface area contributed by atoms with Crippen LogP contribution < -0.4 is 9.62 Å². The maximum Gasteiger partial charge on any atom is 0.271 e. The Morgan fingerprint density at radius 1 is 1.31 bits per heavy atom. The number of rotatable bonds is 13. The minimum Gasteiger partial charge on any atom is -0.356 e. The molecule has 164 valence electrons. The molecule has 0 aliphatic heterocycles. The number of sulfonamides is 1. The van der Waals surface area contributed by atoms with Crippen molar-refractivity contribution < 1.29 is 18.1 Å². The standard InChI is InChI=1S/C19H30ClN3O5S/c1-4-6-8-15(5-2)14-21-19(24)9-7-12-22(29(3,27)28)18-13-16(23(25)26)10-11-17(18)20/h10-11,13,15H,4-9,12,14H2,1-3H3,(H,21,24)/t15-/m1/s1. The van der Waals surface area contributed by atoms with Gasteiger partial charge in [-0.1, -0.05) is 44.7 Å². The van der Waals surface area contributed by atoms with Crippen molar-refractivity contribution in [1.82, 2.24) is 5.32 Å². The molecule has 0 aliphatic carbocycles. The highest BCUT2D eigenvalue weighted by Crippen LogP contribution is 2.31. The number of hydrogen-bond acceptors (Lipinski definition) is 5. The minimum absolute atomic E-state index is 0.000181. The molecule has 29 heavy (non-hydrogen) atoms. The molecule has 0 heterocycles. The van der Waals surface area contributed by atoms with Crippen LogP contribution in [-0.2, 0) is 14.8 Å². The Morgan fingerprint density at radius 3 is 2.55 bits per heavy atom. The first kappa shape index (κ1) is 25.2. The molecule has 0 aromatic heterocycles. The predicted molar refractivity (Wildman–Crippen MR) is 116 cm³/mol. The lowest BCUT2D eigenvalue weighted by Gasteiger charge is -2.23. The largest absolute Gasteiger partial charge is 0.356 e. The molecule has 1 rings (SSSR count). The van der Waals surface area contributed by atoms with Crippen molar-refractivity contribution in [2.45, 2.75) is 52.4 Å². The quantitative estimate of drug-likeness (QED) is 0.361. The number of benzene rings is 1. The first-order valence-corrected chi connectivity index (χ1v) is 12.0. The third kappa shape index (κ3) is 8.57. The van der Waals surface area contributed by atoms with Gasteiger partial charge in [-0.2, -0.15) is 0 Å². The van der Waals surface area contributed by atoms with E-state index >= 15 is 0 Å². The van der Waals surface area contributed by atoms with Gasteiger partial charge in [0.2, 0.25) is 15.9 Å². The highest BCUT2D eigenvalue weighted by molar-refractivity contribution is 7.92. The van der Waals surface area contributed by atoms with Gasteiger partial charge in [-0.25, -0.2) is 8.42 Å². The van der Waals surface area contributed by atoms with Gasteiger partial charge in [0.05, 0.1) is 21.9 Å². The molecule has 10 heteroatoms. The van der Waals surface area contributed by atoms with Crippen LogP contribution in [0.4, 0.5) is 11.4 Å². The summed E-state index contributed by atoms with van der Waals surface area (Å²) in [4.78, 5) is 22.5. The fourth-order valence-electron chi connectivity index (χ4n) is 2.94. The van der Waals surface area contributed by atoms with E-state index in [0.29, 0.717) is 12.5 Å². The molecule has 0 unspecified atom stereocenters. The van der Waals surface area contributed by atoms with Gasteiger partial charge in [-0.05, 0) is 24.8 Å². The monoisotopic (exact) mass is 447 g/mol. The maximum atomic E-state index is 12.2. The normalized spacial score (nSPS) is 12.4. The van der Waals surface area contributed by atoms with Crippen molar-refractivity contribution in [2.24, 2.45) is 5.92 Å². The topological polar surface area (TPSA) is 110 Å². The Kier molecular flexibility index (Phi) is 10.4. The average molecular weight is 448 g/mol. The number of unbranched alkanes of at least 4 members (excludes halogenated alkanes) is 1. The van der Waals surface area contributed by atoms with Crippen LogP contribution in [0.3, 0.4) is 0 Å². The number of halogens is 1. The van der Waals surface area contributed by atoms with Gasteiger partial charge >= 0.3 is 0 Å². The fourth-order valence-corrected chi connectivity index (χ4v) is 4.18. The van der Waals surface area contributed by atoms with E-state index in [9.17, 15) is 23.3 Å². The summed E-state index contributed by atoms with van der Waals surface area (Å²) in [6.45, 7) is 4.84. The smallest absolute Gasteiger partial charge is 0.271 e. The van der Waals surface area contributed by atoms with Crippen LogP contribution in [0.15, 0.2) is 18.2 Å². The molecule has 0 aliphatic rings. The highest BCUT2D eigenvalue weighted by atomic mass is 35.5. The molecule has 1 aromatic rings. The molecule has 1 atom stereocenters. The van der Waals surface area contributed by atoms with E-state index in [2.05, 4.69) is 19.2 Å². The number of anilines is 1. The summed E-state index contributed by atoms with van der Waals surface area (Å²) in [5.41, 5.74) is -0.220. The van der Waals surface area contributed by atoms with Gasteiger partial charge in [0.15, 0.2) is 0 Å². The molecule has 0 fully saturated rings. The van der Waals surface area contributed by atoms with Gasteiger partial charge in [0, 0.05) is 31.6 Å². The Morgan fingerprint density at radius 2 is 2.00 bits per heavy atom. The lowest BCUT2D eigenvalue weighted by Crippen LogP contribution is -2.33. The first-order valence-electron chi connectivity index (χ1n) is 9.78. The second-order valence-corrected chi connectivity index (χ2v) is 9.37. The zero-order valence-electron chi connectivity index (χ0n) is 17.2. The number of non-ortho nitro benzene ring substituents is 1. The lowest BCUT2D eigenvalue weighted by molar-refractivity contribution is -0.384. The Hall–Kier alpha value is -1.87. The molecule has 0 spiro atoms. The number of carbonyl (C=O) groups excluding carboxylic acids is 1. The molecule has 1 N–H and O–H groups in total. The molecule has 1 aromatic carbocycles. The Labute approximate surface area is 177 Å². The zero-order valence-corrected chi connectivity index (χ0v) is 18.8. The van der Waals surface area contributed by atoms with E-state index < -0.39 is 14.9 Å². The molecule has 0 radical (unpaired) electrons. The van der Waals surface area contributed by atoms with E-state index in [1.54, 1.807) is 0 Å². The summed E-state index contributed by atoms with van der Waals surface area (Å²) in [6, 6.07) is 3.63. The fraction of sp³-hybridized carbons (Fsp3) is 0.632. The van der Waals surface area contributed by atoms with Crippen molar-refractivity contribution in [2.75, 3.05) is 23.7 Å². The summed E-state index contributed by atoms with van der Waals surface area (Å²) >= 11 is 6.08. The number of carbonyl (C=O) groups is 1. The van der Waals surface area contributed by atoms with Gasteiger partial charge in [0.25, 0.3) is 5.69 Å². The van der Waals surface area contributed by atoms with Crippen LogP contribution in [0.2, 0.25) is 5.02 Å². The third-order valence-corrected chi connectivity index (χ3v) is 6.21. The summed E-state index contributed by atoms with van der Waals surface area (Å²) in [6.07, 6.45) is 5.73. The van der Waals surface area contributed by atoms with Gasteiger partial charge < -0.3 is 5.32 Å². The predicted octanol–water partition coefficient (Wildman–Crippen LogP) is 4.13. The first-order chi connectivity index (χ1) is 13.6. The molecule has 8 nitrogen and oxygen atoms in total. The molecular formula is C19H30ClN3O5S. The molecule has 0 bridgehead atoms. The van der Waals surface area contributed by atoms with Crippen LogP contribution in [-0.4, -0.2) is 38.6 Å². The van der Waals surface area contributed by atoms with E-state index in [1.807, 2.05) is 0 Å². The van der Waals surface area contributed by atoms with E-state index in [-0.39, 0.29) is 41.7 Å². The summed E-state index contributed by atoms with van der Waals surface area (Å²) in [7, 11) is -3.73. The lowest BCUT2D eigenvalue weighted by atomic mass is 9.99. The zero-order chi connectivity index (χ0) is 22.0. The van der Waals surface area contributed by atoms with Crippen LogP contribution in [0.25, 0.3) is 0 Å². The van der Waals surface area contributed by atoms with Crippen molar-refractivity contribution in [3.63, 3.8) is 0 Å². The molecule has 1 amide bonds. The number of nitrogens with zero attached hydrogens (tertiary/aromatic N) is 2. The molecule has 0 saturated carbocycles. The van der Waals surface area contributed by atoms with E-state index in [1.165, 1.54) is 12.1 Å². The van der Waals surface area contributed by atoms with Gasteiger partial charge in [-0.3, -0.25) is 19.2 Å². The summed E-state index contributed by atoms with van der Waals surface area (Å²) < 4.78 is 25.4. The SMILES string of the molecule is CCCC[C@@H](CC)CNC(=O)CCCN(c1cc([N+](=O)[O-])ccc1Cl)S(C)(=O)=O. The van der Waals surface area contributed by atoms with Crippen LogP contribution in [0.5, 0.6) is 0 Å². The van der Waals surface area contributed by atoms with Crippen molar-refractivity contribution in [3.05, 3.63) is 33.3 Å². The highest BCUT2D eigenvalue weighted by Gasteiger charge is 2.22. The molecule has 0 saturated heterocycles. The summed E-state index contributed by atoms with van der Waals surface area (Å²) in [5.74, 6) is 0.300. The van der Waals surface area contributed by atoms with Crippen molar-refractivity contribution >= 4 is 38.9 Å². The average Bonchev–Trinajstić information content (AvgIpc) is 2.65. The number of nitrogens with one attached hydrogen (secondary N) is 1. The third-order valence-electron chi connectivity index (χ3n) is 4.71. The van der Waals surface area contributed by atoms with Crippen LogP contribution >= 0.6 is 11.6 Å². The van der Waals surface area contributed by atoms with Crippen LogP contribution in [0, 0.1) is 16.0 Å². The van der Waals surface area contributed by atoms with E-state index in [4.69, 9.17) is 11.6 Å². The Bertz CT molecular complexity index is 801. The maximum absolute atomic E-state index is 12.2.